The van der Waals surface area contributed by atoms with Crippen molar-refractivity contribution in [1.29, 1.82) is 0 Å². The zero-order chi connectivity index (χ0) is 16.9. The van der Waals surface area contributed by atoms with E-state index in [2.05, 4.69) is 9.97 Å². The van der Waals surface area contributed by atoms with Crippen LogP contribution in [0.25, 0.3) is 5.69 Å². The Morgan fingerprint density at radius 1 is 1.33 bits per heavy atom. The van der Waals surface area contributed by atoms with Gasteiger partial charge in [0.1, 0.15) is 0 Å². The molecule has 7 heteroatoms. The molecule has 0 atom stereocenters. The smallest absolute Gasteiger partial charge is 0.356 e. The quantitative estimate of drug-likeness (QED) is 0.857. The fraction of sp³-hybridized carbons (Fsp3) is 0.471. The van der Waals surface area contributed by atoms with Crippen molar-refractivity contribution in [3.63, 3.8) is 0 Å². The Hall–Kier alpha value is -2.41. The lowest BCUT2D eigenvalue weighted by molar-refractivity contribution is 0.0309. The number of hydrogen-bond acceptors (Lipinski definition) is 6. The van der Waals surface area contributed by atoms with Crippen LogP contribution in [0.5, 0.6) is 0 Å². The van der Waals surface area contributed by atoms with Gasteiger partial charge in [0.05, 0.1) is 42.3 Å². The number of ether oxygens (including phenoxy) is 1. The van der Waals surface area contributed by atoms with Gasteiger partial charge in [-0.3, -0.25) is 0 Å². The summed E-state index contributed by atoms with van der Waals surface area (Å²) in [6, 6.07) is 1.71. The molecule has 1 saturated carbocycles. The van der Waals surface area contributed by atoms with Crippen LogP contribution in [0.4, 0.5) is 5.69 Å². The number of methoxy groups -OCH3 is 1. The number of hydrogen-bond donors (Lipinski definition) is 1. The van der Waals surface area contributed by atoms with Crippen molar-refractivity contribution in [2.24, 2.45) is 0 Å². The van der Waals surface area contributed by atoms with Crippen LogP contribution in [-0.2, 0) is 4.74 Å². The SMILES string of the molecule is COC(=O)c1cc(-n2cnc(C3CC3)c2)c(N2CC(C)(O)C2)cn1. The summed E-state index contributed by atoms with van der Waals surface area (Å²) >= 11 is 0. The Kier molecular flexibility index (Phi) is 3.35. The first-order valence-electron chi connectivity index (χ1n) is 8.07. The first-order chi connectivity index (χ1) is 11.5. The summed E-state index contributed by atoms with van der Waals surface area (Å²) in [7, 11) is 1.34. The maximum Gasteiger partial charge on any atom is 0.356 e. The summed E-state index contributed by atoms with van der Waals surface area (Å²) < 4.78 is 6.70. The van der Waals surface area contributed by atoms with Gasteiger partial charge in [-0.25, -0.2) is 14.8 Å². The Balaban J connectivity index is 1.73. The predicted octanol–water partition coefficient (Wildman–Crippen LogP) is 1.50. The Bertz CT molecular complexity index is 787. The van der Waals surface area contributed by atoms with Crippen LogP contribution in [0, 0.1) is 0 Å². The van der Waals surface area contributed by atoms with Gasteiger partial charge >= 0.3 is 5.97 Å². The lowest BCUT2D eigenvalue weighted by Crippen LogP contribution is -2.60. The molecule has 2 aromatic heterocycles. The normalized spacial score (nSPS) is 19.0. The second-order valence-corrected chi connectivity index (χ2v) is 6.88. The molecule has 2 aromatic rings. The maximum absolute atomic E-state index is 11.8. The molecule has 2 fully saturated rings. The summed E-state index contributed by atoms with van der Waals surface area (Å²) in [6.07, 6.45) is 7.81. The summed E-state index contributed by atoms with van der Waals surface area (Å²) in [5.41, 5.74) is 2.33. The number of pyridine rings is 1. The minimum atomic E-state index is -0.688. The molecule has 1 aliphatic carbocycles. The molecule has 0 amide bonds. The fourth-order valence-corrected chi connectivity index (χ4v) is 3.11. The summed E-state index contributed by atoms with van der Waals surface area (Å²) in [4.78, 5) is 22.6. The molecular weight excluding hydrogens is 308 g/mol. The number of nitrogens with zero attached hydrogens (tertiary/aromatic N) is 4. The molecule has 1 N–H and O–H groups in total. The molecule has 1 saturated heterocycles. The maximum atomic E-state index is 11.8. The number of aliphatic hydroxyl groups is 1. The number of esters is 1. The Labute approximate surface area is 139 Å². The predicted molar refractivity (Wildman–Crippen MR) is 87.5 cm³/mol. The van der Waals surface area contributed by atoms with E-state index in [1.165, 1.54) is 20.0 Å². The van der Waals surface area contributed by atoms with Gasteiger partial charge in [0, 0.05) is 25.2 Å². The van der Waals surface area contributed by atoms with Crippen molar-refractivity contribution in [1.82, 2.24) is 14.5 Å². The van der Waals surface area contributed by atoms with Crippen molar-refractivity contribution in [2.45, 2.75) is 31.3 Å². The highest BCUT2D eigenvalue weighted by Gasteiger charge is 2.38. The summed E-state index contributed by atoms with van der Waals surface area (Å²) in [5, 5.41) is 10.0. The average molecular weight is 328 g/mol. The highest BCUT2D eigenvalue weighted by atomic mass is 16.5. The third-order valence-electron chi connectivity index (χ3n) is 4.54. The number of imidazole rings is 1. The fourth-order valence-electron chi connectivity index (χ4n) is 3.11. The van der Waals surface area contributed by atoms with E-state index in [-0.39, 0.29) is 5.69 Å². The molecule has 4 rings (SSSR count). The molecular formula is C17H20N4O3. The molecule has 0 radical (unpaired) electrons. The molecule has 0 aromatic carbocycles. The van der Waals surface area contributed by atoms with Gasteiger partial charge in [-0.1, -0.05) is 0 Å². The topological polar surface area (TPSA) is 80.5 Å². The summed E-state index contributed by atoms with van der Waals surface area (Å²) in [6.45, 7) is 2.87. The third-order valence-corrected chi connectivity index (χ3v) is 4.54. The van der Waals surface area contributed by atoms with E-state index in [1.807, 2.05) is 22.6 Å². The Morgan fingerprint density at radius 3 is 2.71 bits per heavy atom. The number of rotatable bonds is 4. The number of β-amino-alcohol motifs (C(OH)–C–C–N with tert-alkyl or cyclic N) is 1. The molecule has 1 aliphatic heterocycles. The lowest BCUT2D eigenvalue weighted by Gasteiger charge is -2.46. The number of aromatic nitrogens is 3. The minimum Gasteiger partial charge on any atom is -0.464 e. The van der Waals surface area contributed by atoms with Gasteiger partial charge in [-0.2, -0.15) is 0 Å². The first kappa shape index (κ1) is 15.1. The molecule has 0 spiro atoms. The van der Waals surface area contributed by atoms with Gasteiger partial charge in [0.15, 0.2) is 5.69 Å². The largest absolute Gasteiger partial charge is 0.464 e. The van der Waals surface area contributed by atoms with Crippen LogP contribution in [0.2, 0.25) is 0 Å². The second kappa shape index (κ2) is 5.31. The van der Waals surface area contributed by atoms with E-state index in [0.717, 1.165) is 17.1 Å². The van der Waals surface area contributed by atoms with Crippen LogP contribution in [0.15, 0.2) is 24.8 Å². The van der Waals surface area contributed by atoms with Crippen molar-refractivity contribution < 1.29 is 14.6 Å². The van der Waals surface area contributed by atoms with Crippen LogP contribution < -0.4 is 4.90 Å². The van der Waals surface area contributed by atoms with Crippen LogP contribution in [-0.4, -0.2) is 51.4 Å². The van der Waals surface area contributed by atoms with E-state index in [1.54, 1.807) is 18.6 Å². The first-order valence-corrected chi connectivity index (χ1v) is 8.07. The highest BCUT2D eigenvalue weighted by molar-refractivity contribution is 5.88. The van der Waals surface area contributed by atoms with Crippen LogP contribution in [0.3, 0.4) is 0 Å². The lowest BCUT2D eigenvalue weighted by atomic mass is 9.96. The monoisotopic (exact) mass is 328 g/mol. The Morgan fingerprint density at radius 2 is 2.08 bits per heavy atom. The third kappa shape index (κ3) is 2.65. The zero-order valence-electron chi connectivity index (χ0n) is 13.8. The van der Waals surface area contributed by atoms with Gasteiger partial charge in [0.2, 0.25) is 0 Å². The van der Waals surface area contributed by atoms with E-state index in [0.29, 0.717) is 19.0 Å². The van der Waals surface area contributed by atoms with Crippen LogP contribution >= 0.6 is 0 Å². The van der Waals surface area contributed by atoms with Crippen LogP contribution in [0.1, 0.15) is 41.9 Å². The average Bonchev–Trinajstić information content (AvgIpc) is 3.28. The molecule has 126 valence electrons. The second-order valence-electron chi connectivity index (χ2n) is 6.88. The molecule has 0 unspecified atom stereocenters. The number of carbonyl (C=O) groups excluding carboxylic acids is 1. The minimum absolute atomic E-state index is 0.255. The van der Waals surface area contributed by atoms with Gasteiger partial charge in [-0.05, 0) is 25.8 Å². The van der Waals surface area contributed by atoms with Crippen molar-refractivity contribution in [3.8, 4) is 5.69 Å². The molecule has 7 nitrogen and oxygen atoms in total. The number of carbonyl (C=O) groups is 1. The molecule has 24 heavy (non-hydrogen) atoms. The van der Waals surface area contributed by atoms with E-state index in [9.17, 15) is 9.90 Å². The molecule has 0 bridgehead atoms. The standard InChI is InChI=1S/C17H20N4O3/c1-17(23)8-21(9-17)15-6-18-12(16(22)24-2)5-14(15)20-7-13(19-10-20)11-3-4-11/h5-7,10-11,23H,3-4,8-9H2,1-2H3. The van der Waals surface area contributed by atoms with Gasteiger partial charge in [-0.15, -0.1) is 0 Å². The number of anilines is 1. The molecule has 2 aliphatic rings. The molecule has 3 heterocycles. The zero-order valence-corrected chi connectivity index (χ0v) is 13.8. The van der Waals surface area contributed by atoms with Gasteiger partial charge < -0.3 is 19.3 Å². The van der Waals surface area contributed by atoms with Gasteiger partial charge in [0.25, 0.3) is 0 Å². The van der Waals surface area contributed by atoms with Crippen molar-refractivity contribution in [2.75, 3.05) is 25.1 Å². The summed E-state index contributed by atoms with van der Waals surface area (Å²) in [5.74, 6) is 0.0855. The van der Waals surface area contributed by atoms with E-state index in [4.69, 9.17) is 4.74 Å². The van der Waals surface area contributed by atoms with E-state index >= 15 is 0 Å². The van der Waals surface area contributed by atoms with Crippen molar-refractivity contribution >= 4 is 11.7 Å². The highest BCUT2D eigenvalue weighted by Crippen LogP contribution is 2.40. The van der Waals surface area contributed by atoms with E-state index < -0.39 is 11.6 Å². The van der Waals surface area contributed by atoms with Crippen molar-refractivity contribution in [3.05, 3.63) is 36.2 Å².